The summed E-state index contributed by atoms with van der Waals surface area (Å²) >= 11 is 1.21. The minimum Gasteiger partial charge on any atom is -0.310 e. The first-order valence-corrected chi connectivity index (χ1v) is 6.77. The molecular formula is C14H12N2O3S. The summed E-state index contributed by atoms with van der Waals surface area (Å²) in [6, 6.07) is 6.86. The molecule has 102 valence electrons. The monoisotopic (exact) mass is 288 g/mol. The van der Waals surface area contributed by atoms with Gasteiger partial charge in [-0.25, -0.2) is 0 Å². The minimum atomic E-state index is -0.797. The van der Waals surface area contributed by atoms with Gasteiger partial charge in [-0.05, 0) is 6.92 Å². The van der Waals surface area contributed by atoms with Crippen LogP contribution in [0.1, 0.15) is 22.3 Å². The Kier molecular flexibility index (Phi) is 4.37. The van der Waals surface area contributed by atoms with E-state index in [1.54, 1.807) is 24.3 Å². The molecule has 0 saturated carbocycles. The first-order chi connectivity index (χ1) is 9.56. The summed E-state index contributed by atoms with van der Waals surface area (Å²) in [5.41, 5.74) is 2.99. The molecule has 2 aromatic rings. The molecule has 20 heavy (non-hydrogen) atoms. The molecule has 0 aliphatic heterocycles. The Hall–Kier alpha value is -2.34. The fourth-order valence-corrected chi connectivity index (χ4v) is 2.04. The number of amides is 1. The zero-order valence-electron chi connectivity index (χ0n) is 10.8. The highest BCUT2D eigenvalue weighted by Gasteiger charge is 2.19. The number of aryl methyl sites for hydroxylation is 1. The molecule has 0 spiro atoms. The van der Waals surface area contributed by atoms with Crippen LogP contribution in [-0.2, 0) is 9.59 Å². The molecule has 1 aromatic heterocycles. The maximum atomic E-state index is 11.9. The molecule has 5 nitrogen and oxygen atoms in total. The molecule has 0 aliphatic carbocycles. The predicted molar refractivity (Wildman–Crippen MR) is 75.9 cm³/mol. The maximum Gasteiger partial charge on any atom is 0.292 e. The minimum absolute atomic E-state index is 0.366. The van der Waals surface area contributed by atoms with Crippen molar-refractivity contribution in [3.63, 3.8) is 0 Å². The Morgan fingerprint density at radius 2 is 1.90 bits per heavy atom. The quantitative estimate of drug-likeness (QED) is 0.520. The van der Waals surface area contributed by atoms with E-state index < -0.39 is 18.1 Å². The molecule has 0 fully saturated rings. The van der Waals surface area contributed by atoms with Crippen molar-refractivity contribution in [2.75, 3.05) is 5.32 Å². The Labute approximate surface area is 119 Å². The van der Waals surface area contributed by atoms with E-state index in [2.05, 4.69) is 10.3 Å². The van der Waals surface area contributed by atoms with Crippen molar-refractivity contribution in [1.82, 2.24) is 4.98 Å². The van der Waals surface area contributed by atoms with Crippen LogP contribution in [0, 0.1) is 6.92 Å². The smallest absolute Gasteiger partial charge is 0.292 e. The standard InChI is InChI=1S/C14H12N2O3S/c1-9-2-4-10(5-3-9)11(17)6-12(18)14(19)16-13-7-15-8-20-13/h2-5,7-8H,6H2,1H3,(H,16,19). The third kappa shape index (κ3) is 3.58. The van der Waals surface area contributed by atoms with Crippen molar-refractivity contribution >= 4 is 33.8 Å². The number of carbonyl (C=O) groups is 3. The van der Waals surface area contributed by atoms with Crippen molar-refractivity contribution < 1.29 is 14.4 Å². The summed E-state index contributed by atoms with van der Waals surface area (Å²) in [4.78, 5) is 38.9. The number of anilines is 1. The van der Waals surface area contributed by atoms with E-state index in [0.717, 1.165) is 5.56 Å². The number of aromatic nitrogens is 1. The van der Waals surface area contributed by atoms with Gasteiger partial charge in [-0.3, -0.25) is 19.4 Å². The van der Waals surface area contributed by atoms with Gasteiger partial charge in [0.05, 0.1) is 18.1 Å². The van der Waals surface area contributed by atoms with Crippen LogP contribution in [0.4, 0.5) is 5.00 Å². The second kappa shape index (κ2) is 6.21. The number of hydrogen-bond donors (Lipinski definition) is 1. The van der Waals surface area contributed by atoms with Gasteiger partial charge in [-0.1, -0.05) is 29.8 Å². The molecule has 1 amide bonds. The average molecular weight is 288 g/mol. The van der Waals surface area contributed by atoms with Gasteiger partial charge in [0.15, 0.2) is 5.78 Å². The molecule has 1 N–H and O–H groups in total. The lowest BCUT2D eigenvalue weighted by Gasteiger charge is -2.02. The Morgan fingerprint density at radius 3 is 2.50 bits per heavy atom. The number of Topliss-reactive ketones (excluding diaryl/α,β-unsaturated/α-hetero) is 2. The zero-order valence-corrected chi connectivity index (χ0v) is 11.6. The molecule has 2 rings (SSSR count). The summed E-state index contributed by atoms with van der Waals surface area (Å²) in [5, 5.41) is 2.88. The third-order valence-corrected chi connectivity index (χ3v) is 3.31. The lowest BCUT2D eigenvalue weighted by molar-refractivity contribution is -0.134. The molecule has 0 saturated heterocycles. The Balaban J connectivity index is 1.95. The van der Waals surface area contributed by atoms with Gasteiger partial charge in [0.2, 0.25) is 5.78 Å². The van der Waals surface area contributed by atoms with Crippen LogP contribution in [0.2, 0.25) is 0 Å². The molecule has 1 aromatic carbocycles. The van der Waals surface area contributed by atoms with Crippen molar-refractivity contribution in [2.45, 2.75) is 13.3 Å². The van der Waals surface area contributed by atoms with Gasteiger partial charge < -0.3 is 5.32 Å². The first-order valence-electron chi connectivity index (χ1n) is 5.89. The van der Waals surface area contributed by atoms with Gasteiger partial charge in [-0.15, -0.1) is 11.3 Å². The van der Waals surface area contributed by atoms with Crippen LogP contribution in [0.5, 0.6) is 0 Å². The van der Waals surface area contributed by atoms with E-state index in [9.17, 15) is 14.4 Å². The molecule has 0 atom stereocenters. The molecule has 0 radical (unpaired) electrons. The summed E-state index contributed by atoms with van der Waals surface area (Å²) in [5.74, 6) is -1.92. The van der Waals surface area contributed by atoms with Crippen molar-refractivity contribution in [2.24, 2.45) is 0 Å². The Morgan fingerprint density at radius 1 is 1.20 bits per heavy atom. The van der Waals surface area contributed by atoms with Gasteiger partial charge in [0.1, 0.15) is 5.00 Å². The number of thiazole rings is 1. The second-order valence-electron chi connectivity index (χ2n) is 4.21. The normalized spacial score (nSPS) is 10.1. The molecule has 0 aliphatic rings. The van der Waals surface area contributed by atoms with E-state index in [0.29, 0.717) is 10.6 Å². The molecule has 0 unspecified atom stereocenters. The number of rotatable bonds is 5. The highest BCUT2D eigenvalue weighted by Crippen LogP contribution is 2.12. The first kappa shape index (κ1) is 14.1. The highest BCUT2D eigenvalue weighted by molar-refractivity contribution is 7.14. The van der Waals surface area contributed by atoms with Crippen LogP contribution in [0.25, 0.3) is 0 Å². The van der Waals surface area contributed by atoms with Crippen LogP contribution >= 0.6 is 11.3 Å². The molecule has 1 heterocycles. The van der Waals surface area contributed by atoms with E-state index in [4.69, 9.17) is 0 Å². The van der Waals surface area contributed by atoms with Crippen molar-refractivity contribution in [3.05, 3.63) is 47.1 Å². The summed E-state index contributed by atoms with van der Waals surface area (Å²) in [6.07, 6.45) is 1.01. The zero-order chi connectivity index (χ0) is 14.5. The third-order valence-electron chi connectivity index (χ3n) is 2.62. The molecular weight excluding hydrogens is 276 g/mol. The van der Waals surface area contributed by atoms with Crippen molar-refractivity contribution in [1.29, 1.82) is 0 Å². The fourth-order valence-electron chi connectivity index (χ4n) is 1.53. The van der Waals surface area contributed by atoms with E-state index >= 15 is 0 Å². The van der Waals surface area contributed by atoms with E-state index in [1.807, 2.05) is 6.92 Å². The van der Waals surface area contributed by atoms with Gasteiger partial charge in [0, 0.05) is 5.56 Å². The Bertz CT molecular complexity index is 633. The number of benzene rings is 1. The number of nitrogens with one attached hydrogen (secondary N) is 1. The summed E-state index contributed by atoms with van der Waals surface area (Å²) in [6.45, 7) is 1.90. The number of hydrogen-bond acceptors (Lipinski definition) is 5. The van der Waals surface area contributed by atoms with Gasteiger partial charge in [0.25, 0.3) is 5.91 Å². The lowest BCUT2D eigenvalue weighted by Crippen LogP contribution is -2.24. The SMILES string of the molecule is Cc1ccc(C(=O)CC(=O)C(=O)Nc2cncs2)cc1. The summed E-state index contributed by atoms with van der Waals surface area (Å²) in [7, 11) is 0. The topological polar surface area (TPSA) is 76.1 Å². The van der Waals surface area contributed by atoms with Gasteiger partial charge in [-0.2, -0.15) is 0 Å². The average Bonchev–Trinajstić information content (AvgIpc) is 2.92. The summed E-state index contributed by atoms with van der Waals surface area (Å²) < 4.78 is 0. The van der Waals surface area contributed by atoms with Gasteiger partial charge >= 0.3 is 0 Å². The predicted octanol–water partition coefficient (Wildman–Crippen LogP) is 2.23. The second-order valence-corrected chi connectivity index (χ2v) is 5.10. The largest absolute Gasteiger partial charge is 0.310 e. The fraction of sp³-hybridized carbons (Fsp3) is 0.143. The van der Waals surface area contributed by atoms with Crippen LogP contribution in [0.3, 0.4) is 0 Å². The van der Waals surface area contributed by atoms with Crippen LogP contribution in [0.15, 0.2) is 36.0 Å². The number of nitrogens with zero attached hydrogens (tertiary/aromatic N) is 1. The van der Waals surface area contributed by atoms with Crippen molar-refractivity contribution in [3.8, 4) is 0 Å². The van der Waals surface area contributed by atoms with E-state index in [-0.39, 0.29) is 5.78 Å². The maximum absolute atomic E-state index is 11.9. The lowest BCUT2D eigenvalue weighted by atomic mass is 10.0. The van der Waals surface area contributed by atoms with Crippen LogP contribution in [-0.4, -0.2) is 22.5 Å². The highest BCUT2D eigenvalue weighted by atomic mass is 32.1. The molecule has 6 heteroatoms. The molecule has 0 bridgehead atoms. The number of ketones is 2. The van der Waals surface area contributed by atoms with Crippen LogP contribution < -0.4 is 5.32 Å². The van der Waals surface area contributed by atoms with E-state index in [1.165, 1.54) is 23.0 Å². The number of carbonyl (C=O) groups excluding carboxylic acids is 3.